The summed E-state index contributed by atoms with van der Waals surface area (Å²) in [6.07, 6.45) is 1.44. The highest BCUT2D eigenvalue weighted by atomic mass is 35.5. The highest BCUT2D eigenvalue weighted by Gasteiger charge is 2.18. The summed E-state index contributed by atoms with van der Waals surface area (Å²) in [6.45, 7) is 5.27. The fraction of sp³-hybridized carbons (Fsp3) is 0.267. The zero-order valence-electron chi connectivity index (χ0n) is 11.9. The molecule has 1 aromatic heterocycles. The molecule has 2 rings (SSSR count). The Balaban J connectivity index is 2.40. The number of amides is 1. The Labute approximate surface area is 127 Å². The highest BCUT2D eigenvalue weighted by molar-refractivity contribution is 6.31. The van der Waals surface area contributed by atoms with Crippen molar-refractivity contribution < 1.29 is 14.3 Å². The number of pyridine rings is 1. The summed E-state index contributed by atoms with van der Waals surface area (Å²) in [4.78, 5) is 27.3. The summed E-state index contributed by atoms with van der Waals surface area (Å²) < 4.78 is 5.16. The van der Waals surface area contributed by atoms with Crippen LogP contribution in [0.5, 0.6) is 0 Å². The quantitative estimate of drug-likeness (QED) is 0.850. The number of rotatable bonds is 2. The van der Waals surface area contributed by atoms with Crippen LogP contribution in [0.3, 0.4) is 0 Å². The smallest absolute Gasteiger partial charge is 0.412 e. The molecule has 110 valence electrons. The SMILES string of the molecule is CC(C)(C)OC(=O)Nc1cnc2ccc(Cl)cc2c1C=O. The molecule has 1 heterocycles. The van der Waals surface area contributed by atoms with Gasteiger partial charge < -0.3 is 4.74 Å². The fourth-order valence-electron chi connectivity index (χ4n) is 1.83. The number of fused-ring (bicyclic) bond motifs is 1. The maximum atomic E-state index is 11.8. The van der Waals surface area contributed by atoms with E-state index < -0.39 is 11.7 Å². The fourth-order valence-corrected chi connectivity index (χ4v) is 2.00. The number of nitrogens with zero attached hydrogens (tertiary/aromatic N) is 1. The monoisotopic (exact) mass is 306 g/mol. The van der Waals surface area contributed by atoms with Gasteiger partial charge in [-0.1, -0.05) is 11.6 Å². The second-order valence-electron chi connectivity index (χ2n) is 5.49. The van der Waals surface area contributed by atoms with Crippen LogP contribution in [-0.2, 0) is 4.74 Å². The van der Waals surface area contributed by atoms with Crippen molar-refractivity contribution in [1.82, 2.24) is 4.98 Å². The summed E-state index contributed by atoms with van der Waals surface area (Å²) in [5, 5.41) is 3.59. The number of nitrogens with one attached hydrogen (secondary N) is 1. The van der Waals surface area contributed by atoms with Gasteiger partial charge >= 0.3 is 6.09 Å². The highest BCUT2D eigenvalue weighted by Crippen LogP contribution is 2.26. The lowest BCUT2D eigenvalue weighted by Crippen LogP contribution is -2.27. The molecule has 0 aliphatic carbocycles. The van der Waals surface area contributed by atoms with Crippen LogP contribution in [0.4, 0.5) is 10.5 Å². The van der Waals surface area contributed by atoms with Gasteiger partial charge in [-0.2, -0.15) is 0 Å². The average Bonchev–Trinajstić information content (AvgIpc) is 2.36. The van der Waals surface area contributed by atoms with E-state index in [-0.39, 0.29) is 5.69 Å². The summed E-state index contributed by atoms with van der Waals surface area (Å²) in [6, 6.07) is 5.03. The van der Waals surface area contributed by atoms with Gasteiger partial charge in [-0.05, 0) is 39.0 Å². The first-order valence-corrected chi connectivity index (χ1v) is 6.71. The number of carbonyl (C=O) groups excluding carboxylic acids is 2. The minimum absolute atomic E-state index is 0.286. The lowest BCUT2D eigenvalue weighted by Gasteiger charge is -2.20. The Morgan fingerprint density at radius 3 is 2.71 bits per heavy atom. The lowest BCUT2D eigenvalue weighted by atomic mass is 10.1. The van der Waals surface area contributed by atoms with E-state index in [2.05, 4.69) is 10.3 Å². The van der Waals surface area contributed by atoms with Crippen LogP contribution in [0.25, 0.3) is 10.9 Å². The standard InChI is InChI=1S/C15H15ClN2O3/c1-15(2,3)21-14(20)18-13-7-17-12-5-4-9(16)6-10(12)11(13)8-19/h4-8H,1-3H3,(H,18,20). The van der Waals surface area contributed by atoms with E-state index in [1.165, 1.54) is 6.20 Å². The number of aldehydes is 1. The van der Waals surface area contributed by atoms with Crippen molar-refractivity contribution in [2.45, 2.75) is 26.4 Å². The van der Waals surface area contributed by atoms with E-state index in [9.17, 15) is 9.59 Å². The first-order valence-electron chi connectivity index (χ1n) is 6.33. The Hall–Kier alpha value is -2.14. The third-order valence-corrected chi connectivity index (χ3v) is 2.86. The van der Waals surface area contributed by atoms with Gasteiger partial charge in [0.15, 0.2) is 6.29 Å². The van der Waals surface area contributed by atoms with Crippen LogP contribution < -0.4 is 5.32 Å². The molecule has 0 atom stereocenters. The lowest BCUT2D eigenvalue weighted by molar-refractivity contribution is 0.0636. The van der Waals surface area contributed by atoms with E-state index in [0.717, 1.165) is 0 Å². The molecule has 0 bridgehead atoms. The molecule has 21 heavy (non-hydrogen) atoms. The summed E-state index contributed by atoms with van der Waals surface area (Å²) in [7, 11) is 0. The van der Waals surface area contributed by atoms with Gasteiger partial charge in [0, 0.05) is 16.0 Å². The number of aromatic nitrogens is 1. The van der Waals surface area contributed by atoms with Gasteiger partial charge in [0.05, 0.1) is 17.4 Å². The number of hydrogen-bond acceptors (Lipinski definition) is 4. The molecule has 1 amide bonds. The molecule has 0 saturated heterocycles. The Bertz CT molecular complexity index is 708. The number of anilines is 1. The zero-order chi connectivity index (χ0) is 15.6. The summed E-state index contributed by atoms with van der Waals surface area (Å²) in [5.74, 6) is 0. The van der Waals surface area contributed by atoms with Crippen molar-refractivity contribution in [2.24, 2.45) is 0 Å². The minimum atomic E-state index is -0.645. The molecule has 0 fully saturated rings. The van der Waals surface area contributed by atoms with Crippen molar-refractivity contribution in [2.75, 3.05) is 5.32 Å². The van der Waals surface area contributed by atoms with Gasteiger partial charge in [-0.15, -0.1) is 0 Å². The molecular weight excluding hydrogens is 292 g/mol. The van der Waals surface area contributed by atoms with Crippen LogP contribution in [-0.4, -0.2) is 23.0 Å². The molecule has 0 spiro atoms. The topological polar surface area (TPSA) is 68.3 Å². The van der Waals surface area contributed by atoms with Crippen molar-refractivity contribution in [3.63, 3.8) is 0 Å². The van der Waals surface area contributed by atoms with E-state index >= 15 is 0 Å². The van der Waals surface area contributed by atoms with Crippen molar-refractivity contribution in [1.29, 1.82) is 0 Å². The predicted molar refractivity (Wildman–Crippen MR) is 82.0 cm³/mol. The second kappa shape index (κ2) is 5.69. The van der Waals surface area contributed by atoms with E-state index in [0.29, 0.717) is 27.8 Å². The maximum Gasteiger partial charge on any atom is 0.412 e. The second-order valence-corrected chi connectivity index (χ2v) is 5.93. The molecule has 0 saturated carbocycles. The molecule has 0 radical (unpaired) electrons. The summed E-state index contributed by atoms with van der Waals surface area (Å²) >= 11 is 5.94. The van der Waals surface area contributed by atoms with Gasteiger partial charge in [0.2, 0.25) is 0 Å². The van der Waals surface area contributed by atoms with Crippen LogP contribution in [0, 0.1) is 0 Å². The Morgan fingerprint density at radius 2 is 2.10 bits per heavy atom. The van der Waals surface area contributed by atoms with E-state index in [1.807, 2.05) is 0 Å². The van der Waals surface area contributed by atoms with Gasteiger partial charge in [-0.3, -0.25) is 15.1 Å². The summed E-state index contributed by atoms with van der Waals surface area (Å²) in [5.41, 5.74) is 0.595. The Morgan fingerprint density at radius 1 is 1.38 bits per heavy atom. The molecule has 6 heteroatoms. The minimum Gasteiger partial charge on any atom is -0.444 e. The van der Waals surface area contributed by atoms with E-state index in [1.54, 1.807) is 39.0 Å². The molecular formula is C15H15ClN2O3. The molecule has 5 nitrogen and oxygen atoms in total. The van der Waals surface area contributed by atoms with Gasteiger partial charge in [0.25, 0.3) is 0 Å². The third-order valence-electron chi connectivity index (χ3n) is 2.63. The number of hydrogen-bond donors (Lipinski definition) is 1. The normalized spacial score (nSPS) is 11.2. The number of benzene rings is 1. The molecule has 0 unspecified atom stereocenters. The molecule has 2 aromatic rings. The largest absolute Gasteiger partial charge is 0.444 e. The number of halogens is 1. The van der Waals surface area contributed by atoms with Gasteiger partial charge in [-0.25, -0.2) is 4.79 Å². The Kier molecular flexibility index (Phi) is 4.14. The van der Waals surface area contributed by atoms with Crippen molar-refractivity contribution >= 4 is 40.6 Å². The first kappa shape index (κ1) is 15.3. The molecule has 1 N–H and O–H groups in total. The molecule has 0 aliphatic heterocycles. The number of ether oxygens (including phenoxy) is 1. The van der Waals surface area contributed by atoms with Crippen molar-refractivity contribution in [3.05, 3.63) is 35.0 Å². The van der Waals surface area contributed by atoms with Crippen molar-refractivity contribution in [3.8, 4) is 0 Å². The average molecular weight is 307 g/mol. The maximum absolute atomic E-state index is 11.8. The van der Waals surface area contributed by atoms with Gasteiger partial charge in [0.1, 0.15) is 5.60 Å². The van der Waals surface area contributed by atoms with Crippen LogP contribution in [0.1, 0.15) is 31.1 Å². The number of carbonyl (C=O) groups is 2. The van der Waals surface area contributed by atoms with Crippen LogP contribution >= 0.6 is 11.6 Å². The van der Waals surface area contributed by atoms with E-state index in [4.69, 9.17) is 16.3 Å². The molecule has 0 aliphatic rings. The molecule has 1 aromatic carbocycles. The predicted octanol–water partition coefficient (Wildman–Crippen LogP) is 4.05. The van der Waals surface area contributed by atoms with Crippen LogP contribution in [0.15, 0.2) is 24.4 Å². The zero-order valence-corrected chi connectivity index (χ0v) is 12.7. The third kappa shape index (κ3) is 3.70. The first-order chi connectivity index (χ1) is 9.80. The van der Waals surface area contributed by atoms with Crippen LogP contribution in [0.2, 0.25) is 5.02 Å².